The van der Waals surface area contributed by atoms with Gasteiger partial charge in [0.25, 0.3) is 0 Å². The minimum absolute atomic E-state index is 0.361. The first-order chi connectivity index (χ1) is 10.2. The third-order valence-corrected chi connectivity index (χ3v) is 4.93. The Hall–Kier alpha value is -1.68. The average molecular weight is 283 g/mol. The highest BCUT2D eigenvalue weighted by Gasteiger charge is 2.35. The number of aryl methyl sites for hydroxylation is 2. The van der Waals surface area contributed by atoms with Crippen LogP contribution in [0.5, 0.6) is 0 Å². The van der Waals surface area contributed by atoms with Crippen LogP contribution in [0, 0.1) is 0 Å². The van der Waals surface area contributed by atoms with Crippen LogP contribution in [0.2, 0.25) is 0 Å². The molecule has 1 heterocycles. The first-order valence-corrected chi connectivity index (χ1v) is 7.96. The van der Waals surface area contributed by atoms with Gasteiger partial charge in [0.2, 0.25) is 5.89 Å². The molecule has 1 aromatic heterocycles. The van der Waals surface area contributed by atoms with E-state index in [2.05, 4.69) is 28.3 Å². The van der Waals surface area contributed by atoms with Crippen molar-refractivity contribution in [1.82, 2.24) is 10.1 Å². The summed E-state index contributed by atoms with van der Waals surface area (Å²) in [4.78, 5) is 4.55. The van der Waals surface area contributed by atoms with Gasteiger partial charge in [-0.25, -0.2) is 0 Å². The monoisotopic (exact) mass is 283 g/mol. The average Bonchev–Trinajstić information content (AvgIpc) is 3.18. The minimum Gasteiger partial charge on any atom is -0.339 e. The van der Waals surface area contributed by atoms with E-state index in [-0.39, 0.29) is 5.54 Å². The lowest BCUT2D eigenvalue weighted by molar-refractivity contribution is 0.352. The second-order valence-electron chi connectivity index (χ2n) is 6.51. The lowest BCUT2D eigenvalue weighted by Gasteiger charge is -2.17. The molecule has 0 bridgehead atoms. The number of nitrogens with zero attached hydrogens (tertiary/aromatic N) is 2. The molecule has 110 valence electrons. The Kier molecular flexibility index (Phi) is 3.07. The quantitative estimate of drug-likeness (QED) is 0.940. The second kappa shape index (κ2) is 4.95. The number of fused-ring (bicyclic) bond motifs is 1. The molecule has 1 fully saturated rings. The van der Waals surface area contributed by atoms with E-state index >= 15 is 0 Å². The summed E-state index contributed by atoms with van der Waals surface area (Å²) in [7, 11) is 0. The second-order valence-corrected chi connectivity index (χ2v) is 6.51. The van der Waals surface area contributed by atoms with E-state index in [1.807, 2.05) is 0 Å². The molecule has 1 saturated carbocycles. The lowest BCUT2D eigenvalue weighted by Crippen LogP contribution is -2.34. The molecule has 0 amide bonds. The van der Waals surface area contributed by atoms with Gasteiger partial charge < -0.3 is 10.3 Å². The molecule has 2 aliphatic rings. The van der Waals surface area contributed by atoms with Crippen molar-refractivity contribution in [3.05, 3.63) is 46.6 Å². The molecule has 1 aromatic carbocycles. The highest BCUT2D eigenvalue weighted by atomic mass is 16.5. The number of aromatic nitrogens is 2. The van der Waals surface area contributed by atoms with E-state index in [1.165, 1.54) is 36.0 Å². The summed E-state index contributed by atoms with van der Waals surface area (Å²) in [5.41, 5.74) is 10.2. The zero-order valence-corrected chi connectivity index (χ0v) is 12.3. The summed E-state index contributed by atoms with van der Waals surface area (Å²) in [6, 6.07) is 6.72. The molecule has 0 aliphatic heterocycles. The van der Waals surface area contributed by atoms with Gasteiger partial charge in [0, 0.05) is 0 Å². The van der Waals surface area contributed by atoms with Crippen molar-refractivity contribution in [2.24, 2.45) is 5.73 Å². The van der Waals surface area contributed by atoms with Gasteiger partial charge in [-0.2, -0.15) is 4.98 Å². The largest absolute Gasteiger partial charge is 0.339 e. The molecule has 4 rings (SSSR count). The summed E-state index contributed by atoms with van der Waals surface area (Å²) in [6.07, 6.45) is 8.64. The number of rotatable bonds is 3. The number of hydrogen-bond donors (Lipinski definition) is 1. The summed E-state index contributed by atoms with van der Waals surface area (Å²) in [6.45, 7) is 0. The maximum absolute atomic E-state index is 6.38. The van der Waals surface area contributed by atoms with Crippen molar-refractivity contribution >= 4 is 0 Å². The normalized spacial score (nSPS) is 19.9. The van der Waals surface area contributed by atoms with Crippen LogP contribution in [-0.4, -0.2) is 10.1 Å². The molecular weight excluding hydrogens is 262 g/mol. The van der Waals surface area contributed by atoms with Crippen molar-refractivity contribution in [3.63, 3.8) is 0 Å². The zero-order valence-electron chi connectivity index (χ0n) is 12.3. The van der Waals surface area contributed by atoms with Crippen molar-refractivity contribution in [3.8, 4) is 0 Å². The van der Waals surface area contributed by atoms with E-state index in [1.54, 1.807) is 0 Å². The van der Waals surface area contributed by atoms with E-state index in [0.29, 0.717) is 18.1 Å². The molecule has 4 nitrogen and oxygen atoms in total. The van der Waals surface area contributed by atoms with Gasteiger partial charge in [0.1, 0.15) is 0 Å². The Morgan fingerprint density at radius 1 is 1.10 bits per heavy atom. The fourth-order valence-electron chi connectivity index (χ4n) is 3.67. The first-order valence-electron chi connectivity index (χ1n) is 7.96. The maximum Gasteiger partial charge on any atom is 0.231 e. The molecule has 21 heavy (non-hydrogen) atoms. The molecule has 0 saturated heterocycles. The summed E-state index contributed by atoms with van der Waals surface area (Å²) in [5.74, 6) is 1.37. The smallest absolute Gasteiger partial charge is 0.231 e. The summed E-state index contributed by atoms with van der Waals surface area (Å²) in [5, 5.41) is 4.13. The van der Waals surface area contributed by atoms with Gasteiger partial charge in [-0.3, -0.25) is 0 Å². The highest BCUT2D eigenvalue weighted by molar-refractivity contribution is 5.36. The van der Waals surface area contributed by atoms with Crippen LogP contribution in [0.3, 0.4) is 0 Å². The Balaban J connectivity index is 1.54. The topological polar surface area (TPSA) is 64.9 Å². The van der Waals surface area contributed by atoms with Crippen molar-refractivity contribution in [2.75, 3.05) is 0 Å². The van der Waals surface area contributed by atoms with Crippen LogP contribution in [-0.2, 0) is 24.8 Å². The van der Waals surface area contributed by atoms with Crippen LogP contribution >= 0.6 is 0 Å². The number of nitrogens with two attached hydrogens (primary N) is 1. The third-order valence-electron chi connectivity index (χ3n) is 4.93. The summed E-state index contributed by atoms with van der Waals surface area (Å²) < 4.78 is 5.42. The molecule has 0 unspecified atom stereocenters. The van der Waals surface area contributed by atoms with E-state index in [0.717, 1.165) is 25.7 Å². The predicted octanol–water partition coefficient (Wildman–Crippen LogP) is 2.88. The van der Waals surface area contributed by atoms with Crippen molar-refractivity contribution < 1.29 is 4.52 Å². The van der Waals surface area contributed by atoms with Crippen LogP contribution in [0.1, 0.15) is 60.5 Å². The molecule has 0 atom stereocenters. The predicted molar refractivity (Wildman–Crippen MR) is 79.9 cm³/mol. The van der Waals surface area contributed by atoms with Crippen LogP contribution < -0.4 is 5.73 Å². The van der Waals surface area contributed by atoms with Gasteiger partial charge in [0.15, 0.2) is 5.82 Å². The Morgan fingerprint density at radius 3 is 2.76 bits per heavy atom. The molecule has 2 aliphatic carbocycles. The van der Waals surface area contributed by atoms with Gasteiger partial charge in [-0.15, -0.1) is 0 Å². The first kappa shape index (κ1) is 13.0. The van der Waals surface area contributed by atoms with E-state index < -0.39 is 0 Å². The maximum atomic E-state index is 6.38. The van der Waals surface area contributed by atoms with Gasteiger partial charge in [-0.1, -0.05) is 36.2 Å². The Labute approximate surface area is 124 Å². The van der Waals surface area contributed by atoms with Gasteiger partial charge in [0.05, 0.1) is 12.0 Å². The minimum atomic E-state index is -0.361. The molecule has 2 aromatic rings. The fourth-order valence-corrected chi connectivity index (χ4v) is 3.67. The summed E-state index contributed by atoms with van der Waals surface area (Å²) >= 11 is 0. The molecule has 2 N–H and O–H groups in total. The Bertz CT molecular complexity index is 656. The standard InChI is InChI=1S/C17H21N3O/c18-17(8-1-2-9-17)16-19-15(21-20-16)11-12-6-7-13-4-3-5-14(13)10-12/h6-7,10H,1-5,8-9,11,18H2. The van der Waals surface area contributed by atoms with Crippen molar-refractivity contribution in [1.29, 1.82) is 0 Å². The van der Waals surface area contributed by atoms with E-state index in [9.17, 15) is 0 Å². The fraction of sp³-hybridized carbons (Fsp3) is 0.529. The van der Waals surface area contributed by atoms with Crippen molar-refractivity contribution in [2.45, 2.75) is 56.9 Å². The zero-order chi connectivity index (χ0) is 14.3. The van der Waals surface area contributed by atoms with E-state index in [4.69, 9.17) is 10.3 Å². The molecule has 0 spiro atoms. The SMILES string of the molecule is NC1(c2noc(Cc3ccc4c(c3)CCC4)n2)CCCC1. The van der Waals surface area contributed by atoms with Crippen LogP contribution in [0.4, 0.5) is 0 Å². The van der Waals surface area contributed by atoms with Crippen LogP contribution in [0.15, 0.2) is 22.7 Å². The molecule has 4 heteroatoms. The molecule has 0 radical (unpaired) electrons. The molecular formula is C17H21N3O. The van der Waals surface area contributed by atoms with Gasteiger partial charge in [-0.05, 0) is 48.8 Å². The number of hydrogen-bond acceptors (Lipinski definition) is 4. The third kappa shape index (κ3) is 2.38. The Morgan fingerprint density at radius 2 is 1.90 bits per heavy atom. The van der Waals surface area contributed by atoms with Crippen LogP contribution in [0.25, 0.3) is 0 Å². The lowest BCUT2D eigenvalue weighted by atomic mass is 9.98. The van der Waals surface area contributed by atoms with Gasteiger partial charge >= 0.3 is 0 Å². The highest BCUT2D eigenvalue weighted by Crippen LogP contribution is 2.34. The number of benzene rings is 1.